The van der Waals surface area contributed by atoms with E-state index in [-0.39, 0.29) is 18.2 Å². The Balaban J connectivity index is 3.45. The monoisotopic (exact) mass is 356 g/mol. The Kier molecular flexibility index (Phi) is 7.23. The van der Waals surface area contributed by atoms with Crippen LogP contribution >= 0.6 is 7.92 Å². The van der Waals surface area contributed by atoms with Gasteiger partial charge in [-0.25, -0.2) is 0 Å². The SMILES string of the molecule is CCO[C](=[Cr])C=C(c1ccccc1)P(C(C)(C)C)C(C)(C)C. The van der Waals surface area contributed by atoms with Crippen LogP contribution in [-0.2, 0) is 20.6 Å². The van der Waals surface area contributed by atoms with E-state index >= 15 is 0 Å². The van der Waals surface area contributed by atoms with E-state index < -0.39 is 0 Å². The van der Waals surface area contributed by atoms with Gasteiger partial charge < -0.3 is 0 Å². The molecule has 1 aromatic rings. The average molecular weight is 356 g/mol. The minimum atomic E-state index is -0.385. The van der Waals surface area contributed by atoms with E-state index in [1.807, 2.05) is 6.92 Å². The summed E-state index contributed by atoms with van der Waals surface area (Å²) in [7, 11) is -0.385. The Morgan fingerprint density at radius 3 is 1.95 bits per heavy atom. The number of benzene rings is 1. The third-order valence-corrected chi connectivity index (χ3v) is 7.11. The summed E-state index contributed by atoms with van der Waals surface area (Å²) in [6.45, 7) is 16.8. The molecule has 122 valence electrons. The normalized spacial score (nSPS) is 13.5. The maximum atomic E-state index is 5.66. The van der Waals surface area contributed by atoms with Crippen LogP contribution in [0.3, 0.4) is 0 Å². The molecular weight excluding hydrogens is 327 g/mol. The molecule has 0 aliphatic carbocycles. The van der Waals surface area contributed by atoms with Crippen molar-refractivity contribution >= 4 is 17.8 Å². The van der Waals surface area contributed by atoms with Crippen LogP contribution in [0.1, 0.15) is 54.0 Å². The fraction of sp³-hybridized carbons (Fsp3) is 0.526. The molecule has 0 aliphatic rings. The van der Waals surface area contributed by atoms with Crippen molar-refractivity contribution in [2.24, 2.45) is 0 Å². The van der Waals surface area contributed by atoms with Gasteiger partial charge in [-0.1, -0.05) is 0 Å². The third kappa shape index (κ3) is 5.75. The van der Waals surface area contributed by atoms with Crippen LogP contribution in [0.4, 0.5) is 0 Å². The molecule has 0 aliphatic heterocycles. The van der Waals surface area contributed by atoms with Crippen molar-refractivity contribution in [1.29, 1.82) is 0 Å². The first-order valence-corrected chi connectivity index (χ1v) is 9.79. The van der Waals surface area contributed by atoms with Crippen molar-refractivity contribution in [3.8, 4) is 0 Å². The Morgan fingerprint density at radius 2 is 1.55 bits per heavy atom. The molecule has 0 fully saturated rings. The van der Waals surface area contributed by atoms with E-state index in [2.05, 4.69) is 93.8 Å². The zero-order valence-electron chi connectivity index (χ0n) is 14.9. The summed E-state index contributed by atoms with van der Waals surface area (Å²) in [6.07, 6.45) is 2.21. The topological polar surface area (TPSA) is 9.23 Å². The van der Waals surface area contributed by atoms with Crippen LogP contribution in [0.5, 0.6) is 0 Å². The van der Waals surface area contributed by atoms with Gasteiger partial charge >= 0.3 is 146 Å². The number of hydrogen-bond acceptors (Lipinski definition) is 1. The van der Waals surface area contributed by atoms with Crippen molar-refractivity contribution in [3.05, 3.63) is 42.0 Å². The van der Waals surface area contributed by atoms with Crippen LogP contribution in [-0.4, -0.2) is 21.5 Å². The van der Waals surface area contributed by atoms with E-state index in [0.717, 1.165) is 4.57 Å². The van der Waals surface area contributed by atoms with Gasteiger partial charge in [0, 0.05) is 0 Å². The van der Waals surface area contributed by atoms with Gasteiger partial charge in [-0.3, -0.25) is 0 Å². The average Bonchev–Trinajstić information content (AvgIpc) is 2.36. The van der Waals surface area contributed by atoms with E-state index in [1.165, 1.54) is 10.9 Å². The molecule has 0 spiro atoms. The summed E-state index contributed by atoms with van der Waals surface area (Å²) in [5, 5.41) is 1.85. The first-order chi connectivity index (χ1) is 10.1. The molecule has 0 radical (unpaired) electrons. The van der Waals surface area contributed by atoms with E-state index in [1.54, 1.807) is 0 Å². The van der Waals surface area contributed by atoms with Gasteiger partial charge in [-0.2, -0.15) is 0 Å². The summed E-state index contributed by atoms with van der Waals surface area (Å²) in [4.78, 5) is 0. The molecule has 3 heteroatoms. The van der Waals surface area contributed by atoms with E-state index in [9.17, 15) is 0 Å². The fourth-order valence-electron chi connectivity index (χ4n) is 2.91. The van der Waals surface area contributed by atoms with Crippen LogP contribution < -0.4 is 0 Å². The van der Waals surface area contributed by atoms with Crippen LogP contribution in [0, 0.1) is 0 Å². The maximum absolute atomic E-state index is 5.66. The fourth-order valence-corrected chi connectivity index (χ4v) is 7.53. The van der Waals surface area contributed by atoms with Gasteiger partial charge in [0.2, 0.25) is 0 Å². The number of rotatable bonds is 5. The van der Waals surface area contributed by atoms with Gasteiger partial charge in [0.1, 0.15) is 0 Å². The Hall–Kier alpha value is -0.248. The molecule has 0 aromatic heterocycles. The molecule has 0 bridgehead atoms. The predicted octanol–water partition coefficient (Wildman–Crippen LogP) is 5.82. The molecule has 1 aromatic carbocycles. The van der Waals surface area contributed by atoms with Gasteiger partial charge in [0.15, 0.2) is 0 Å². The second kappa shape index (κ2) is 8.03. The first kappa shape index (κ1) is 19.8. The second-order valence-corrected chi connectivity index (χ2v) is 11.8. The van der Waals surface area contributed by atoms with Crippen LogP contribution in [0.15, 0.2) is 36.4 Å². The molecule has 0 N–H and O–H groups in total. The number of hydrogen-bond donors (Lipinski definition) is 0. The minimum absolute atomic E-state index is 0.224. The molecule has 1 rings (SSSR count). The Bertz CT molecular complexity index is 507. The van der Waals surface area contributed by atoms with Crippen molar-refractivity contribution in [2.75, 3.05) is 6.61 Å². The molecule has 0 unspecified atom stereocenters. The molecule has 0 saturated heterocycles. The summed E-state index contributed by atoms with van der Waals surface area (Å²) in [6, 6.07) is 10.7. The Morgan fingerprint density at radius 1 is 1.05 bits per heavy atom. The second-order valence-electron chi connectivity index (χ2n) is 7.32. The van der Waals surface area contributed by atoms with Gasteiger partial charge in [0.05, 0.1) is 0 Å². The van der Waals surface area contributed by atoms with E-state index in [0.29, 0.717) is 6.61 Å². The van der Waals surface area contributed by atoms with Crippen molar-refractivity contribution < 1.29 is 20.6 Å². The molecule has 22 heavy (non-hydrogen) atoms. The summed E-state index contributed by atoms with van der Waals surface area (Å²) < 4.78 is 6.54. The zero-order chi connectivity index (χ0) is 17.0. The molecule has 0 amide bonds. The van der Waals surface area contributed by atoms with Crippen LogP contribution in [0.25, 0.3) is 5.31 Å². The Labute approximate surface area is 145 Å². The summed E-state index contributed by atoms with van der Waals surface area (Å²) >= 11 is 3.06. The predicted molar refractivity (Wildman–Crippen MR) is 97.5 cm³/mol. The summed E-state index contributed by atoms with van der Waals surface area (Å²) in [5.74, 6) is 0. The molecule has 0 saturated carbocycles. The van der Waals surface area contributed by atoms with Crippen molar-refractivity contribution in [3.63, 3.8) is 0 Å². The third-order valence-electron chi connectivity index (χ3n) is 3.19. The molecular formula is C19H29CrOP. The van der Waals surface area contributed by atoms with Crippen LogP contribution in [0.2, 0.25) is 0 Å². The van der Waals surface area contributed by atoms with Gasteiger partial charge in [-0.15, -0.1) is 0 Å². The summed E-state index contributed by atoms with van der Waals surface area (Å²) in [5.41, 5.74) is 1.30. The standard InChI is InChI=1S/C19H29OP.Cr/c1-8-20-15-14-17(16-12-10-9-11-13-16)21(18(2,3)4)19(5,6)7;/h9-14H,8H2,1-7H3;. The van der Waals surface area contributed by atoms with Gasteiger partial charge in [-0.05, 0) is 0 Å². The molecule has 1 nitrogen and oxygen atoms in total. The first-order valence-electron chi connectivity index (χ1n) is 7.81. The van der Waals surface area contributed by atoms with Crippen molar-refractivity contribution in [1.82, 2.24) is 0 Å². The zero-order valence-corrected chi connectivity index (χ0v) is 17.1. The molecule has 0 atom stereocenters. The van der Waals surface area contributed by atoms with Crippen molar-refractivity contribution in [2.45, 2.75) is 58.8 Å². The number of ether oxygens (including phenoxy) is 1. The van der Waals surface area contributed by atoms with E-state index in [4.69, 9.17) is 4.74 Å². The quantitative estimate of drug-likeness (QED) is 0.604. The van der Waals surface area contributed by atoms with Gasteiger partial charge in [0.25, 0.3) is 0 Å². The molecule has 0 heterocycles.